The fraction of sp³-hybridized carbons (Fsp3) is 0.0698. The van der Waals surface area contributed by atoms with Gasteiger partial charge in [-0.15, -0.1) is 0 Å². The van der Waals surface area contributed by atoms with E-state index in [1.54, 1.807) is 0 Å². The summed E-state index contributed by atoms with van der Waals surface area (Å²) >= 11 is 0. The van der Waals surface area contributed by atoms with Gasteiger partial charge in [0.25, 0.3) is 0 Å². The molecule has 7 aromatic rings. The lowest BCUT2D eigenvalue weighted by atomic mass is 9.99. The van der Waals surface area contributed by atoms with Gasteiger partial charge >= 0.3 is 0 Å². The molecule has 0 aliphatic carbocycles. The smallest absolute Gasteiger partial charge is 0.0709 e. The Kier molecular flexibility index (Phi) is 7.97. The van der Waals surface area contributed by atoms with Gasteiger partial charge in [0.15, 0.2) is 0 Å². The first-order chi connectivity index (χ1) is 22.5. The van der Waals surface area contributed by atoms with Crippen molar-refractivity contribution in [2.24, 2.45) is 0 Å². The summed E-state index contributed by atoms with van der Waals surface area (Å²) in [6, 6.07) is 51.4. The zero-order valence-electron chi connectivity index (χ0n) is 26.4. The highest BCUT2D eigenvalue weighted by atomic mass is 15.1. The van der Waals surface area contributed by atoms with E-state index in [2.05, 4.69) is 165 Å². The number of aryl methyl sites for hydroxylation is 3. The summed E-state index contributed by atoms with van der Waals surface area (Å²) in [5, 5.41) is 0. The Morgan fingerprint density at radius 3 is 1.72 bits per heavy atom. The van der Waals surface area contributed by atoms with Gasteiger partial charge in [0.05, 0.1) is 11.4 Å². The molecule has 3 nitrogen and oxygen atoms in total. The number of benzene rings is 5. The van der Waals surface area contributed by atoms with Crippen molar-refractivity contribution in [1.82, 2.24) is 9.97 Å². The first-order valence-electron chi connectivity index (χ1n) is 15.7. The van der Waals surface area contributed by atoms with Crippen molar-refractivity contribution >= 4 is 17.1 Å². The van der Waals surface area contributed by atoms with Crippen LogP contribution in [-0.2, 0) is 0 Å². The quantitative estimate of drug-likeness (QED) is 0.184. The maximum atomic E-state index is 4.87. The van der Waals surface area contributed by atoms with Gasteiger partial charge in [0, 0.05) is 40.6 Å². The number of nitrogens with zero attached hydrogens (tertiary/aromatic N) is 3. The molecule has 7 rings (SSSR count). The highest BCUT2D eigenvalue weighted by Crippen LogP contribution is 2.40. The molecule has 0 unspecified atom stereocenters. The van der Waals surface area contributed by atoms with E-state index in [1.165, 1.54) is 27.8 Å². The highest BCUT2D eigenvalue weighted by Gasteiger charge is 2.17. The monoisotopic (exact) mass is 593 g/mol. The third kappa shape index (κ3) is 5.96. The lowest BCUT2D eigenvalue weighted by molar-refractivity contribution is 1.23. The van der Waals surface area contributed by atoms with E-state index in [1.807, 2.05) is 18.5 Å². The summed E-state index contributed by atoms with van der Waals surface area (Å²) in [5.41, 5.74) is 15.6. The lowest BCUT2D eigenvalue weighted by Crippen LogP contribution is -2.12. The van der Waals surface area contributed by atoms with Crippen LogP contribution >= 0.6 is 0 Å². The number of hydrogen-bond donors (Lipinski definition) is 0. The maximum absolute atomic E-state index is 4.87. The minimum absolute atomic E-state index is 0.940. The third-order valence-corrected chi connectivity index (χ3v) is 8.46. The van der Waals surface area contributed by atoms with Gasteiger partial charge in [-0.05, 0) is 108 Å². The Balaban J connectivity index is 1.34. The van der Waals surface area contributed by atoms with Crippen LogP contribution in [0, 0.1) is 20.8 Å². The molecule has 3 heteroatoms. The summed E-state index contributed by atoms with van der Waals surface area (Å²) in [4.78, 5) is 12.0. The number of pyridine rings is 2. The van der Waals surface area contributed by atoms with Crippen LogP contribution in [-0.4, -0.2) is 9.97 Å². The molecule has 0 spiro atoms. The Morgan fingerprint density at radius 1 is 0.435 bits per heavy atom. The van der Waals surface area contributed by atoms with Crippen LogP contribution in [0.2, 0.25) is 0 Å². The molecule has 0 aliphatic rings. The van der Waals surface area contributed by atoms with Crippen LogP contribution in [0.15, 0.2) is 158 Å². The molecule has 2 aromatic heterocycles. The molecule has 0 fully saturated rings. The molecule has 222 valence electrons. The first kappa shape index (κ1) is 28.9. The number of hydrogen-bond acceptors (Lipinski definition) is 3. The Morgan fingerprint density at radius 2 is 1.04 bits per heavy atom. The van der Waals surface area contributed by atoms with Crippen LogP contribution < -0.4 is 4.90 Å². The maximum Gasteiger partial charge on any atom is 0.0709 e. The second-order valence-corrected chi connectivity index (χ2v) is 11.8. The van der Waals surface area contributed by atoms with Gasteiger partial charge < -0.3 is 4.90 Å². The number of rotatable bonds is 7. The predicted molar refractivity (Wildman–Crippen MR) is 193 cm³/mol. The van der Waals surface area contributed by atoms with Gasteiger partial charge in [0.2, 0.25) is 0 Å². The van der Waals surface area contributed by atoms with Crippen molar-refractivity contribution in [3.8, 4) is 44.8 Å². The van der Waals surface area contributed by atoms with Crippen LogP contribution in [0.5, 0.6) is 0 Å². The van der Waals surface area contributed by atoms with E-state index in [-0.39, 0.29) is 0 Å². The fourth-order valence-corrected chi connectivity index (χ4v) is 6.01. The van der Waals surface area contributed by atoms with E-state index in [9.17, 15) is 0 Å². The van der Waals surface area contributed by atoms with Crippen LogP contribution in [0.25, 0.3) is 44.8 Å². The predicted octanol–water partition coefficient (Wildman–Crippen LogP) is 11.5. The molecule has 5 aromatic carbocycles. The Hall–Kier alpha value is -5.80. The summed E-state index contributed by atoms with van der Waals surface area (Å²) in [6.45, 7) is 6.44. The Bertz CT molecular complexity index is 2130. The minimum Gasteiger partial charge on any atom is -0.310 e. The molecule has 0 radical (unpaired) electrons. The third-order valence-electron chi connectivity index (χ3n) is 8.46. The Labute approximate surface area is 271 Å². The highest BCUT2D eigenvalue weighted by molar-refractivity contribution is 5.84. The van der Waals surface area contributed by atoms with Gasteiger partial charge in [-0.25, -0.2) is 0 Å². The molecule has 0 N–H and O–H groups in total. The first-order valence-corrected chi connectivity index (χ1v) is 15.7. The molecule has 0 saturated heterocycles. The average Bonchev–Trinajstić information content (AvgIpc) is 3.11. The normalized spacial score (nSPS) is 10.9. The van der Waals surface area contributed by atoms with Crippen molar-refractivity contribution in [3.63, 3.8) is 0 Å². The number of anilines is 3. The molecule has 0 saturated carbocycles. The average molecular weight is 594 g/mol. The number of aromatic nitrogens is 2. The molecular formula is C43H35N3. The second kappa shape index (κ2) is 12.7. The minimum atomic E-state index is 0.940. The zero-order chi connectivity index (χ0) is 31.5. The molecule has 2 heterocycles. The molecule has 0 aliphatic heterocycles. The molecule has 0 atom stereocenters. The summed E-state index contributed by atoms with van der Waals surface area (Å²) < 4.78 is 0. The molecule has 46 heavy (non-hydrogen) atoms. The van der Waals surface area contributed by atoms with Gasteiger partial charge in [0.1, 0.15) is 0 Å². The second-order valence-electron chi connectivity index (χ2n) is 11.8. The van der Waals surface area contributed by atoms with E-state index < -0.39 is 0 Å². The molecule has 0 bridgehead atoms. The SMILES string of the molecule is Cc1ccc(C)c(N(c2cccc(-c3cc(-c4ccccc4)ccn3)c2)c2cccc(-c3cc(-c4ccccc4)c(C)cn3)c2)c1. The van der Waals surface area contributed by atoms with Crippen molar-refractivity contribution in [1.29, 1.82) is 0 Å². The largest absolute Gasteiger partial charge is 0.310 e. The van der Waals surface area contributed by atoms with Gasteiger partial charge in [-0.1, -0.05) is 97.1 Å². The zero-order valence-corrected chi connectivity index (χ0v) is 26.4. The lowest BCUT2D eigenvalue weighted by Gasteiger charge is -2.28. The summed E-state index contributed by atoms with van der Waals surface area (Å²) in [7, 11) is 0. The van der Waals surface area contributed by atoms with Crippen LogP contribution in [0.4, 0.5) is 17.1 Å². The van der Waals surface area contributed by atoms with Gasteiger partial charge in [-0.2, -0.15) is 0 Å². The summed E-state index contributed by atoms with van der Waals surface area (Å²) in [6.07, 6.45) is 3.88. The van der Waals surface area contributed by atoms with E-state index in [0.717, 1.165) is 50.7 Å². The van der Waals surface area contributed by atoms with Crippen LogP contribution in [0.3, 0.4) is 0 Å². The molecule has 0 amide bonds. The standard InChI is InChI=1S/C43H35N3/c1-30-20-21-31(2)43(24-30)46(38-18-10-16-36(25-38)41-27-35(22-23-44-41)33-12-6-4-7-13-33)39-19-11-17-37(26-39)42-28-40(32(3)29-45-42)34-14-8-5-9-15-34/h4-29H,1-3H3. The van der Waals surface area contributed by atoms with Crippen molar-refractivity contribution in [3.05, 3.63) is 175 Å². The summed E-state index contributed by atoms with van der Waals surface area (Å²) in [5.74, 6) is 0. The van der Waals surface area contributed by atoms with Crippen molar-refractivity contribution in [2.45, 2.75) is 20.8 Å². The van der Waals surface area contributed by atoms with Gasteiger partial charge in [-0.3, -0.25) is 9.97 Å². The fourth-order valence-electron chi connectivity index (χ4n) is 6.01. The van der Waals surface area contributed by atoms with E-state index in [0.29, 0.717) is 0 Å². The van der Waals surface area contributed by atoms with Crippen molar-refractivity contribution < 1.29 is 0 Å². The van der Waals surface area contributed by atoms with Crippen molar-refractivity contribution in [2.75, 3.05) is 4.90 Å². The van der Waals surface area contributed by atoms with E-state index in [4.69, 9.17) is 9.97 Å². The topological polar surface area (TPSA) is 29.0 Å². The van der Waals surface area contributed by atoms with Crippen LogP contribution in [0.1, 0.15) is 16.7 Å². The van der Waals surface area contributed by atoms with E-state index >= 15 is 0 Å². The molecular weight excluding hydrogens is 558 g/mol.